The Morgan fingerprint density at radius 2 is 1.22 bits per heavy atom. The summed E-state index contributed by atoms with van der Waals surface area (Å²) in [5, 5.41) is 8.72. The minimum absolute atomic E-state index is 0.0121. The molecule has 0 aliphatic rings. The lowest BCUT2D eigenvalue weighted by molar-refractivity contribution is -0.114. The van der Waals surface area contributed by atoms with E-state index in [1.165, 1.54) is 0 Å². The van der Waals surface area contributed by atoms with Gasteiger partial charge >= 0.3 is 0 Å². The van der Waals surface area contributed by atoms with Crippen LogP contribution in [0.25, 0.3) is 0 Å². The van der Waals surface area contributed by atoms with Crippen LogP contribution < -0.4 is 20.9 Å². The molecule has 0 heterocycles. The summed E-state index contributed by atoms with van der Waals surface area (Å²) in [7, 11) is 1.71. The molecule has 36 heavy (non-hydrogen) atoms. The molecule has 7 nitrogen and oxygen atoms in total. The molecule has 0 unspecified atom stereocenters. The lowest BCUT2D eigenvalue weighted by Crippen LogP contribution is -2.26. The number of nitrogens with one attached hydrogen (secondary N) is 3. The van der Waals surface area contributed by atoms with Gasteiger partial charge in [0.15, 0.2) is 0 Å². The highest BCUT2D eigenvalue weighted by Crippen LogP contribution is 2.18. The average molecular weight is 479 g/mol. The fourth-order valence-electron chi connectivity index (χ4n) is 3.58. The molecule has 0 atom stereocenters. The van der Waals surface area contributed by atoms with Crippen LogP contribution in [-0.2, 0) is 4.79 Å². The monoisotopic (exact) mass is 478 g/mol. The normalized spacial score (nSPS) is 10.2. The van der Waals surface area contributed by atoms with Gasteiger partial charge in [-0.1, -0.05) is 48.5 Å². The van der Waals surface area contributed by atoms with Crippen molar-refractivity contribution in [3.05, 3.63) is 120 Å². The molecule has 0 radical (unpaired) electrons. The van der Waals surface area contributed by atoms with Gasteiger partial charge < -0.3 is 20.9 Å². The molecule has 3 amide bonds. The number of carbonyl (C=O) groups is 3. The Hall–Kier alpha value is -4.91. The summed E-state index contributed by atoms with van der Waals surface area (Å²) in [4.78, 5) is 39.3. The topological polar surface area (TPSA) is 90.5 Å². The first-order valence-corrected chi connectivity index (χ1v) is 11.4. The van der Waals surface area contributed by atoms with Gasteiger partial charge in [-0.25, -0.2) is 0 Å². The average Bonchev–Trinajstić information content (AvgIpc) is 2.92. The predicted octanol–water partition coefficient (Wildman–Crippen LogP) is 5.27. The van der Waals surface area contributed by atoms with Crippen LogP contribution in [0.3, 0.4) is 0 Å². The van der Waals surface area contributed by atoms with E-state index in [1.807, 2.05) is 42.5 Å². The smallest absolute Gasteiger partial charge is 0.258 e. The Balaban J connectivity index is 1.33. The van der Waals surface area contributed by atoms with Gasteiger partial charge in [0.1, 0.15) is 0 Å². The maximum absolute atomic E-state index is 12.9. The summed E-state index contributed by atoms with van der Waals surface area (Å²) < 4.78 is 0. The van der Waals surface area contributed by atoms with E-state index >= 15 is 0 Å². The van der Waals surface area contributed by atoms with E-state index in [4.69, 9.17) is 0 Å². The summed E-state index contributed by atoms with van der Waals surface area (Å²) in [6.45, 7) is 0.0121. The second-order valence-electron chi connectivity index (χ2n) is 8.08. The van der Waals surface area contributed by atoms with Crippen molar-refractivity contribution in [3.8, 4) is 0 Å². The van der Waals surface area contributed by atoms with Gasteiger partial charge in [0.25, 0.3) is 11.8 Å². The molecule has 0 saturated carbocycles. The quantitative estimate of drug-likeness (QED) is 0.322. The maximum Gasteiger partial charge on any atom is 0.258 e. The van der Waals surface area contributed by atoms with Crippen molar-refractivity contribution >= 4 is 40.5 Å². The Morgan fingerprint density at radius 1 is 0.639 bits per heavy atom. The summed E-state index contributed by atoms with van der Waals surface area (Å²) >= 11 is 0. The first kappa shape index (κ1) is 24.2. The van der Waals surface area contributed by atoms with E-state index in [-0.39, 0.29) is 24.3 Å². The van der Waals surface area contributed by atoms with Crippen molar-refractivity contribution in [2.45, 2.75) is 0 Å². The van der Waals surface area contributed by atoms with Crippen LogP contribution in [-0.4, -0.2) is 31.3 Å². The van der Waals surface area contributed by atoms with Crippen LogP contribution in [0.5, 0.6) is 0 Å². The van der Waals surface area contributed by atoms with E-state index in [2.05, 4.69) is 16.0 Å². The molecule has 0 aromatic heterocycles. The van der Waals surface area contributed by atoms with Crippen LogP contribution >= 0.6 is 0 Å². The lowest BCUT2D eigenvalue weighted by atomic mass is 10.1. The molecule has 0 aliphatic carbocycles. The molecule has 0 fully saturated rings. The Kier molecular flexibility index (Phi) is 7.73. The lowest BCUT2D eigenvalue weighted by Gasteiger charge is -2.18. The van der Waals surface area contributed by atoms with E-state index in [0.717, 1.165) is 5.69 Å². The number of anilines is 4. The van der Waals surface area contributed by atoms with Crippen molar-refractivity contribution in [2.24, 2.45) is 0 Å². The SMILES string of the molecule is CN(C(=O)c1cccc(NC(=O)CNc2cccc(NC(=O)c3ccccc3)c2)c1)c1ccccc1. The zero-order valence-electron chi connectivity index (χ0n) is 19.8. The van der Waals surface area contributed by atoms with Gasteiger partial charge in [-0.3, -0.25) is 14.4 Å². The number of para-hydroxylation sites is 1. The Labute approximate surface area is 209 Å². The molecule has 7 heteroatoms. The summed E-state index contributed by atoms with van der Waals surface area (Å²) in [6, 6.07) is 32.3. The Morgan fingerprint density at radius 3 is 1.94 bits per heavy atom. The number of nitrogens with zero attached hydrogens (tertiary/aromatic N) is 1. The zero-order chi connectivity index (χ0) is 25.3. The summed E-state index contributed by atoms with van der Waals surface area (Å²) in [5.41, 5.74) is 3.63. The highest BCUT2D eigenvalue weighted by atomic mass is 16.2. The van der Waals surface area contributed by atoms with E-state index in [1.54, 1.807) is 78.7 Å². The fourth-order valence-corrected chi connectivity index (χ4v) is 3.58. The minimum Gasteiger partial charge on any atom is -0.376 e. The number of hydrogen-bond donors (Lipinski definition) is 3. The van der Waals surface area contributed by atoms with Gasteiger partial charge in [0, 0.05) is 40.9 Å². The van der Waals surface area contributed by atoms with Crippen molar-refractivity contribution in [3.63, 3.8) is 0 Å². The second-order valence-corrected chi connectivity index (χ2v) is 8.08. The molecule has 0 bridgehead atoms. The molecule has 4 rings (SSSR count). The minimum atomic E-state index is -0.269. The number of hydrogen-bond acceptors (Lipinski definition) is 4. The number of carbonyl (C=O) groups excluding carboxylic acids is 3. The first-order chi connectivity index (χ1) is 17.5. The third-order valence-electron chi connectivity index (χ3n) is 5.45. The van der Waals surface area contributed by atoms with E-state index in [0.29, 0.717) is 28.2 Å². The van der Waals surface area contributed by atoms with Gasteiger partial charge in [0.05, 0.1) is 6.54 Å². The second kappa shape index (κ2) is 11.5. The van der Waals surface area contributed by atoms with Crippen LogP contribution in [0.4, 0.5) is 22.7 Å². The molecule has 4 aromatic rings. The van der Waals surface area contributed by atoms with E-state index in [9.17, 15) is 14.4 Å². The number of rotatable bonds is 8. The maximum atomic E-state index is 12.9. The molecule has 3 N–H and O–H groups in total. The number of benzene rings is 4. The van der Waals surface area contributed by atoms with Crippen molar-refractivity contribution in [2.75, 3.05) is 34.4 Å². The Bertz CT molecular complexity index is 1360. The van der Waals surface area contributed by atoms with Crippen LogP contribution in [0, 0.1) is 0 Å². The molecular weight excluding hydrogens is 452 g/mol. The predicted molar refractivity (Wildman–Crippen MR) is 144 cm³/mol. The fraction of sp³-hybridized carbons (Fsp3) is 0.0690. The van der Waals surface area contributed by atoms with Gasteiger partial charge in [-0.15, -0.1) is 0 Å². The van der Waals surface area contributed by atoms with Gasteiger partial charge in [-0.05, 0) is 60.7 Å². The zero-order valence-corrected chi connectivity index (χ0v) is 19.8. The third kappa shape index (κ3) is 6.36. The molecule has 0 spiro atoms. The van der Waals surface area contributed by atoms with Gasteiger partial charge in [-0.2, -0.15) is 0 Å². The molecule has 0 aliphatic heterocycles. The van der Waals surface area contributed by atoms with E-state index < -0.39 is 0 Å². The van der Waals surface area contributed by atoms with Crippen molar-refractivity contribution in [1.82, 2.24) is 0 Å². The van der Waals surface area contributed by atoms with Crippen molar-refractivity contribution in [1.29, 1.82) is 0 Å². The summed E-state index contributed by atoms with van der Waals surface area (Å²) in [5.74, 6) is -0.655. The standard InChI is InChI=1S/C29H26N4O3/c1-33(26-16-6-3-7-17-26)29(36)22-12-8-14-24(18-22)31-27(34)20-30-23-13-9-15-25(19-23)32-28(35)21-10-4-2-5-11-21/h2-19,30H,20H2,1H3,(H,31,34)(H,32,35). The molecule has 4 aromatic carbocycles. The highest BCUT2D eigenvalue weighted by Gasteiger charge is 2.14. The van der Waals surface area contributed by atoms with Crippen LogP contribution in [0.15, 0.2) is 109 Å². The largest absolute Gasteiger partial charge is 0.376 e. The van der Waals surface area contributed by atoms with Crippen molar-refractivity contribution < 1.29 is 14.4 Å². The number of amides is 3. The third-order valence-corrected chi connectivity index (χ3v) is 5.45. The highest BCUT2D eigenvalue weighted by molar-refractivity contribution is 6.07. The molecular formula is C29H26N4O3. The summed E-state index contributed by atoms with van der Waals surface area (Å²) in [6.07, 6.45) is 0. The molecule has 0 saturated heterocycles. The van der Waals surface area contributed by atoms with Crippen LogP contribution in [0.1, 0.15) is 20.7 Å². The van der Waals surface area contributed by atoms with Gasteiger partial charge in [0.2, 0.25) is 5.91 Å². The molecule has 180 valence electrons. The first-order valence-electron chi connectivity index (χ1n) is 11.4. The van der Waals surface area contributed by atoms with Crippen LogP contribution in [0.2, 0.25) is 0 Å².